The third-order valence-corrected chi connectivity index (χ3v) is 4.12. The van der Waals surface area contributed by atoms with E-state index < -0.39 is 23.8 Å². The van der Waals surface area contributed by atoms with Gasteiger partial charge in [0.15, 0.2) is 0 Å². The van der Waals surface area contributed by atoms with Crippen molar-refractivity contribution in [1.29, 1.82) is 0 Å². The van der Waals surface area contributed by atoms with Crippen molar-refractivity contribution < 1.29 is 29.2 Å². The van der Waals surface area contributed by atoms with E-state index in [4.69, 9.17) is 14.2 Å². The first-order valence-electron chi connectivity index (χ1n) is 8.93. The monoisotopic (exact) mass is 379 g/mol. The number of nitrogens with zero attached hydrogens (tertiary/aromatic N) is 1. The van der Waals surface area contributed by atoms with E-state index in [0.29, 0.717) is 12.2 Å². The molecule has 2 atom stereocenters. The van der Waals surface area contributed by atoms with Gasteiger partial charge in [0.05, 0.1) is 45.6 Å². The molecule has 0 saturated carbocycles. The molecule has 0 unspecified atom stereocenters. The molecule has 0 radical (unpaired) electrons. The summed E-state index contributed by atoms with van der Waals surface area (Å²) in [5.41, 5.74) is 0.978. The smallest absolute Gasteiger partial charge is 0.410 e. The molecule has 0 fully saturated rings. The van der Waals surface area contributed by atoms with Crippen LogP contribution in [-0.4, -0.2) is 65.8 Å². The topological polar surface area (TPSA) is 88.5 Å². The highest BCUT2D eigenvalue weighted by atomic mass is 16.6. The van der Waals surface area contributed by atoms with E-state index in [9.17, 15) is 15.0 Å². The third kappa shape index (κ3) is 6.23. The van der Waals surface area contributed by atoms with Crippen molar-refractivity contribution in [3.63, 3.8) is 0 Å². The first kappa shape index (κ1) is 21.2. The lowest BCUT2D eigenvalue weighted by atomic mass is 10.0. The second kappa shape index (κ2) is 9.21. The second-order valence-corrected chi connectivity index (χ2v) is 7.48. The van der Waals surface area contributed by atoms with Gasteiger partial charge in [0.2, 0.25) is 0 Å². The number of hydrogen-bond donors (Lipinski definition) is 2. The Hall–Kier alpha value is -2.09. The zero-order valence-corrected chi connectivity index (χ0v) is 16.3. The molecular formula is C20H29NO6. The van der Waals surface area contributed by atoms with E-state index in [2.05, 4.69) is 0 Å². The summed E-state index contributed by atoms with van der Waals surface area (Å²) in [5.74, 6) is 0.775. The summed E-state index contributed by atoms with van der Waals surface area (Å²) in [6.07, 6.45) is 0.248. The van der Waals surface area contributed by atoms with Gasteiger partial charge in [-0.2, -0.15) is 0 Å². The zero-order valence-electron chi connectivity index (χ0n) is 16.3. The minimum atomic E-state index is -0.865. The quantitative estimate of drug-likeness (QED) is 0.736. The number of β-amino-alcohol motifs (C(OH)–C–C–N with tert-alkyl or cyclic N) is 1. The highest BCUT2D eigenvalue weighted by molar-refractivity contribution is 5.69. The van der Waals surface area contributed by atoms with Crippen LogP contribution in [0.2, 0.25) is 0 Å². The van der Waals surface area contributed by atoms with E-state index in [-0.39, 0.29) is 19.8 Å². The third-order valence-electron chi connectivity index (χ3n) is 4.12. The van der Waals surface area contributed by atoms with Crippen molar-refractivity contribution in [1.82, 2.24) is 4.90 Å². The Kier molecular flexibility index (Phi) is 7.24. The fourth-order valence-electron chi connectivity index (χ4n) is 2.72. The molecule has 1 amide bonds. The normalized spacial score (nSPS) is 20.2. The van der Waals surface area contributed by atoms with Crippen LogP contribution in [0, 0.1) is 0 Å². The van der Waals surface area contributed by atoms with Crippen molar-refractivity contribution in [3.8, 4) is 5.75 Å². The maximum absolute atomic E-state index is 12.3. The van der Waals surface area contributed by atoms with Gasteiger partial charge in [0.1, 0.15) is 11.4 Å². The highest BCUT2D eigenvalue weighted by Gasteiger charge is 2.33. The van der Waals surface area contributed by atoms with Crippen LogP contribution in [0.15, 0.2) is 35.9 Å². The van der Waals surface area contributed by atoms with Crippen LogP contribution in [0.3, 0.4) is 0 Å². The zero-order chi connectivity index (χ0) is 20.0. The minimum Gasteiger partial charge on any atom is -0.497 e. The Morgan fingerprint density at radius 3 is 2.44 bits per heavy atom. The van der Waals surface area contributed by atoms with Crippen molar-refractivity contribution in [2.75, 3.05) is 26.9 Å². The van der Waals surface area contributed by atoms with Crippen LogP contribution in [0.25, 0.3) is 0 Å². The van der Waals surface area contributed by atoms with Gasteiger partial charge in [0.25, 0.3) is 0 Å². The van der Waals surface area contributed by atoms with E-state index >= 15 is 0 Å². The lowest BCUT2D eigenvalue weighted by molar-refractivity contribution is -0.000672. The summed E-state index contributed by atoms with van der Waals surface area (Å²) in [4.78, 5) is 13.6. The van der Waals surface area contributed by atoms with Crippen LogP contribution < -0.4 is 4.74 Å². The molecule has 2 rings (SSSR count). The Morgan fingerprint density at radius 1 is 1.22 bits per heavy atom. The van der Waals surface area contributed by atoms with Crippen molar-refractivity contribution in [2.45, 2.75) is 45.1 Å². The highest BCUT2D eigenvalue weighted by Crippen LogP contribution is 2.21. The molecular weight excluding hydrogens is 350 g/mol. The number of benzene rings is 1. The number of rotatable bonds is 6. The number of ether oxygens (including phenoxy) is 3. The summed E-state index contributed by atoms with van der Waals surface area (Å²) < 4.78 is 16.1. The maximum atomic E-state index is 12.3. The van der Waals surface area contributed by atoms with Crippen LogP contribution in [-0.2, 0) is 16.1 Å². The Labute approximate surface area is 160 Å². The van der Waals surface area contributed by atoms with Crippen LogP contribution in [0.1, 0.15) is 26.3 Å². The molecule has 2 N–H and O–H groups in total. The Morgan fingerprint density at radius 2 is 1.89 bits per heavy atom. The number of carbonyl (C=O) groups excluding carboxylic acids is 1. The molecule has 0 saturated heterocycles. The standard InChI is InChI=1S/C20H29NO6/c1-20(2,3)27-19(24)21-10-18(23)15(9-16(21)11-22)13-26-12-14-5-7-17(25-4)8-6-14/h5-9,16,18,22-23H,10-13H2,1-4H3/t16-,18+/m0/s1. The predicted molar refractivity (Wildman–Crippen MR) is 101 cm³/mol. The molecule has 0 aromatic heterocycles. The van der Waals surface area contributed by atoms with Gasteiger partial charge in [0, 0.05) is 0 Å². The van der Waals surface area contributed by atoms with Crippen LogP contribution in [0.5, 0.6) is 5.75 Å². The average Bonchev–Trinajstić information content (AvgIpc) is 2.61. The number of aliphatic hydroxyl groups is 2. The maximum Gasteiger partial charge on any atom is 0.410 e. The molecule has 1 aliphatic heterocycles. The van der Waals surface area contributed by atoms with Gasteiger partial charge in [-0.15, -0.1) is 0 Å². The SMILES string of the molecule is COc1ccc(COCC2=C[C@@H](CO)N(C(=O)OC(C)(C)C)C[C@H]2O)cc1. The van der Waals surface area contributed by atoms with Crippen molar-refractivity contribution in [3.05, 3.63) is 41.5 Å². The van der Waals surface area contributed by atoms with E-state index in [1.165, 1.54) is 4.90 Å². The molecule has 0 aliphatic carbocycles. The van der Waals surface area contributed by atoms with Gasteiger partial charge >= 0.3 is 6.09 Å². The number of carbonyl (C=O) groups is 1. The van der Waals surface area contributed by atoms with Crippen LogP contribution in [0.4, 0.5) is 4.79 Å². The molecule has 7 nitrogen and oxygen atoms in total. The van der Waals surface area contributed by atoms with E-state index in [1.54, 1.807) is 34.0 Å². The molecule has 7 heteroatoms. The Bertz CT molecular complexity index is 649. The average molecular weight is 379 g/mol. The number of methoxy groups -OCH3 is 1. The largest absolute Gasteiger partial charge is 0.497 e. The second-order valence-electron chi connectivity index (χ2n) is 7.48. The molecule has 1 heterocycles. The molecule has 1 aromatic carbocycles. The van der Waals surface area contributed by atoms with Gasteiger partial charge < -0.3 is 24.4 Å². The van der Waals surface area contributed by atoms with Crippen molar-refractivity contribution in [2.24, 2.45) is 0 Å². The fraction of sp³-hybridized carbons (Fsp3) is 0.550. The summed E-state index contributed by atoms with van der Waals surface area (Å²) in [6, 6.07) is 6.97. The lowest BCUT2D eigenvalue weighted by Crippen LogP contribution is -2.51. The number of amides is 1. The number of aliphatic hydroxyl groups excluding tert-OH is 2. The first-order valence-corrected chi connectivity index (χ1v) is 8.93. The van der Waals surface area contributed by atoms with Crippen LogP contribution >= 0.6 is 0 Å². The molecule has 27 heavy (non-hydrogen) atoms. The van der Waals surface area contributed by atoms with E-state index in [0.717, 1.165) is 11.3 Å². The summed E-state index contributed by atoms with van der Waals surface area (Å²) in [5, 5.41) is 20.0. The predicted octanol–water partition coefficient (Wildman–Crippen LogP) is 2.11. The number of hydrogen-bond acceptors (Lipinski definition) is 6. The summed E-state index contributed by atoms with van der Waals surface area (Å²) >= 11 is 0. The molecule has 1 aromatic rings. The van der Waals surface area contributed by atoms with Gasteiger partial charge in [-0.1, -0.05) is 18.2 Å². The summed E-state index contributed by atoms with van der Waals surface area (Å²) in [6.45, 7) is 5.71. The van der Waals surface area contributed by atoms with E-state index in [1.807, 2.05) is 24.3 Å². The van der Waals surface area contributed by atoms with Crippen molar-refractivity contribution >= 4 is 6.09 Å². The lowest BCUT2D eigenvalue weighted by Gasteiger charge is -2.37. The molecule has 150 valence electrons. The molecule has 1 aliphatic rings. The van der Waals surface area contributed by atoms with Gasteiger partial charge in [-0.3, -0.25) is 4.90 Å². The van der Waals surface area contributed by atoms with Gasteiger partial charge in [-0.05, 0) is 44.0 Å². The summed E-state index contributed by atoms with van der Waals surface area (Å²) in [7, 11) is 1.61. The Balaban J connectivity index is 1.95. The first-order chi connectivity index (χ1) is 12.7. The minimum absolute atomic E-state index is 0.0534. The molecule has 0 bridgehead atoms. The molecule has 0 spiro atoms. The van der Waals surface area contributed by atoms with Gasteiger partial charge in [-0.25, -0.2) is 4.79 Å². The fourth-order valence-corrected chi connectivity index (χ4v) is 2.72.